The van der Waals surface area contributed by atoms with Crippen molar-refractivity contribution in [3.63, 3.8) is 0 Å². The zero-order valence-electron chi connectivity index (χ0n) is 20.5. The van der Waals surface area contributed by atoms with E-state index < -0.39 is 0 Å². The molecule has 1 spiro atoms. The molecule has 3 heteroatoms. The topological polar surface area (TPSA) is 21.7 Å². The molecule has 2 aliphatic rings. The van der Waals surface area contributed by atoms with Gasteiger partial charge in [-0.1, -0.05) is 82.7 Å². The van der Waals surface area contributed by atoms with Crippen molar-refractivity contribution in [3.8, 4) is 0 Å². The lowest BCUT2D eigenvalue weighted by molar-refractivity contribution is -0.163. The van der Waals surface area contributed by atoms with E-state index in [1.807, 2.05) is 0 Å². The molecule has 31 heavy (non-hydrogen) atoms. The maximum Gasteiger partial charge on any atom is 0.146 e. The molecular formula is C28H47NO2. The molecule has 0 amide bonds. The summed E-state index contributed by atoms with van der Waals surface area (Å²) >= 11 is 0. The largest absolute Gasteiger partial charge is 0.359 e. The van der Waals surface area contributed by atoms with Crippen LogP contribution in [0.25, 0.3) is 0 Å². The maximum absolute atomic E-state index is 6.35. The van der Waals surface area contributed by atoms with Gasteiger partial charge in [-0.2, -0.15) is 0 Å². The number of nitrogens with zero attached hydrogens (tertiary/aromatic N) is 1. The van der Waals surface area contributed by atoms with Gasteiger partial charge in [0.05, 0.1) is 6.10 Å². The van der Waals surface area contributed by atoms with Crippen LogP contribution in [0.3, 0.4) is 0 Å². The highest BCUT2D eigenvalue weighted by Gasteiger charge is 2.52. The molecule has 3 rings (SSSR count). The standard InChI is InChI=1S/C28H47NO2/c1-4-6-9-16-25-17-12-20-28(29(25)22-24-14-10-8-11-15-24)21-13-19-27(31-23-30-3)26(28)18-7-5-2/h8,10-11,14-15,25-27H,4-7,9,12-13,16-23H2,1-3H3/t25-,26-,27+,28+/m0/s1. The summed E-state index contributed by atoms with van der Waals surface area (Å²) in [6.07, 6.45) is 17.5. The minimum absolute atomic E-state index is 0.288. The molecule has 1 saturated carbocycles. The van der Waals surface area contributed by atoms with Gasteiger partial charge in [0.2, 0.25) is 0 Å². The Hall–Kier alpha value is -0.900. The Morgan fingerprint density at radius 3 is 2.39 bits per heavy atom. The van der Waals surface area contributed by atoms with E-state index in [9.17, 15) is 0 Å². The van der Waals surface area contributed by atoms with E-state index >= 15 is 0 Å². The number of ether oxygens (including phenoxy) is 2. The Bertz CT molecular complexity index is 602. The van der Waals surface area contributed by atoms with Crippen LogP contribution in [0.15, 0.2) is 30.3 Å². The predicted molar refractivity (Wildman–Crippen MR) is 130 cm³/mol. The molecule has 0 aromatic heterocycles. The molecule has 1 heterocycles. The highest BCUT2D eigenvalue weighted by molar-refractivity contribution is 5.17. The number of unbranched alkanes of at least 4 members (excludes halogenated alkanes) is 3. The minimum atomic E-state index is 0.288. The van der Waals surface area contributed by atoms with Gasteiger partial charge in [-0.05, 0) is 50.5 Å². The number of benzene rings is 1. The van der Waals surface area contributed by atoms with Gasteiger partial charge in [0.1, 0.15) is 6.79 Å². The summed E-state index contributed by atoms with van der Waals surface area (Å²) in [4.78, 5) is 2.99. The van der Waals surface area contributed by atoms with Gasteiger partial charge in [0, 0.05) is 31.2 Å². The zero-order chi connectivity index (χ0) is 21.9. The van der Waals surface area contributed by atoms with E-state index in [2.05, 4.69) is 49.1 Å². The van der Waals surface area contributed by atoms with E-state index in [1.165, 1.54) is 89.0 Å². The summed E-state index contributed by atoms with van der Waals surface area (Å²) in [6.45, 7) is 6.18. The molecule has 3 nitrogen and oxygen atoms in total. The normalized spacial score (nSPS) is 29.5. The van der Waals surface area contributed by atoms with Gasteiger partial charge >= 0.3 is 0 Å². The molecule has 4 atom stereocenters. The Labute approximate surface area is 191 Å². The van der Waals surface area contributed by atoms with Crippen molar-refractivity contribution in [2.75, 3.05) is 13.9 Å². The Kier molecular flexibility index (Phi) is 10.3. The highest BCUT2D eigenvalue weighted by Crippen LogP contribution is 2.50. The Morgan fingerprint density at radius 2 is 1.68 bits per heavy atom. The van der Waals surface area contributed by atoms with E-state index in [4.69, 9.17) is 9.47 Å². The average molecular weight is 430 g/mol. The lowest BCUT2D eigenvalue weighted by Gasteiger charge is -2.59. The highest BCUT2D eigenvalue weighted by atomic mass is 16.7. The first kappa shape index (κ1) is 24.7. The van der Waals surface area contributed by atoms with Gasteiger partial charge in [-0.15, -0.1) is 0 Å². The molecule has 0 N–H and O–H groups in total. The first-order chi connectivity index (χ1) is 15.2. The van der Waals surface area contributed by atoms with Crippen LogP contribution in [-0.2, 0) is 16.0 Å². The van der Waals surface area contributed by atoms with Crippen molar-refractivity contribution in [2.24, 2.45) is 5.92 Å². The second-order valence-corrected chi connectivity index (χ2v) is 10.0. The summed E-state index contributed by atoms with van der Waals surface area (Å²) in [7, 11) is 1.76. The van der Waals surface area contributed by atoms with Gasteiger partial charge in [0.15, 0.2) is 0 Å². The molecule has 1 aromatic rings. The maximum atomic E-state index is 6.35. The fourth-order valence-electron chi connectivity index (χ4n) is 6.55. The fraction of sp³-hybridized carbons (Fsp3) is 0.786. The van der Waals surface area contributed by atoms with Crippen LogP contribution >= 0.6 is 0 Å². The summed E-state index contributed by atoms with van der Waals surface area (Å²) < 4.78 is 11.7. The monoisotopic (exact) mass is 429 g/mol. The SMILES string of the molecule is CCCCC[C@H]1CCC[C@]2(CCC[C@@H](OCOC)[C@@H]2CCCC)N1Cc1ccccc1. The van der Waals surface area contributed by atoms with Crippen LogP contribution in [0.1, 0.15) is 103 Å². The van der Waals surface area contributed by atoms with Gasteiger partial charge in [0.25, 0.3) is 0 Å². The number of methoxy groups -OCH3 is 1. The molecule has 1 aliphatic carbocycles. The third-order valence-corrected chi connectivity index (χ3v) is 8.00. The van der Waals surface area contributed by atoms with E-state index in [0.29, 0.717) is 24.9 Å². The molecule has 176 valence electrons. The predicted octanol–water partition coefficient (Wildman–Crippen LogP) is 7.34. The van der Waals surface area contributed by atoms with Crippen molar-refractivity contribution >= 4 is 0 Å². The number of hydrogen-bond acceptors (Lipinski definition) is 3. The van der Waals surface area contributed by atoms with Crippen molar-refractivity contribution in [2.45, 2.75) is 122 Å². The lowest BCUT2D eigenvalue weighted by atomic mass is 9.63. The van der Waals surface area contributed by atoms with Gasteiger partial charge < -0.3 is 9.47 Å². The fourth-order valence-corrected chi connectivity index (χ4v) is 6.55. The quantitative estimate of drug-likeness (QED) is 0.256. The molecule has 2 fully saturated rings. The van der Waals surface area contributed by atoms with E-state index in [-0.39, 0.29) is 5.54 Å². The minimum Gasteiger partial charge on any atom is -0.359 e. The third kappa shape index (κ3) is 6.33. The number of rotatable bonds is 12. The van der Waals surface area contributed by atoms with Crippen molar-refractivity contribution in [1.29, 1.82) is 0 Å². The lowest BCUT2D eigenvalue weighted by Crippen LogP contribution is -2.64. The van der Waals surface area contributed by atoms with Gasteiger partial charge in [-0.25, -0.2) is 0 Å². The second-order valence-electron chi connectivity index (χ2n) is 10.0. The van der Waals surface area contributed by atoms with Crippen LogP contribution in [0, 0.1) is 5.92 Å². The Balaban J connectivity index is 1.91. The summed E-state index contributed by atoms with van der Waals surface area (Å²) in [6, 6.07) is 11.9. The average Bonchev–Trinajstić information content (AvgIpc) is 2.80. The molecule has 0 unspecified atom stereocenters. The van der Waals surface area contributed by atoms with Crippen molar-refractivity contribution < 1.29 is 9.47 Å². The molecule has 1 aromatic carbocycles. The van der Waals surface area contributed by atoms with Crippen LogP contribution in [0.2, 0.25) is 0 Å². The number of likely N-dealkylation sites (tertiary alicyclic amines) is 1. The number of piperidine rings is 1. The van der Waals surface area contributed by atoms with Crippen molar-refractivity contribution in [3.05, 3.63) is 35.9 Å². The summed E-state index contributed by atoms with van der Waals surface area (Å²) in [5.41, 5.74) is 1.76. The van der Waals surface area contributed by atoms with Crippen LogP contribution in [-0.4, -0.2) is 36.5 Å². The third-order valence-electron chi connectivity index (χ3n) is 8.00. The van der Waals surface area contributed by atoms with E-state index in [0.717, 1.165) is 6.54 Å². The number of hydrogen-bond donors (Lipinski definition) is 0. The van der Waals surface area contributed by atoms with Crippen LogP contribution in [0.5, 0.6) is 0 Å². The first-order valence-corrected chi connectivity index (χ1v) is 13.2. The van der Waals surface area contributed by atoms with E-state index in [1.54, 1.807) is 7.11 Å². The molecule has 1 aliphatic heterocycles. The molecule has 0 bridgehead atoms. The summed E-state index contributed by atoms with van der Waals surface area (Å²) in [5.74, 6) is 0.619. The molecular weight excluding hydrogens is 382 g/mol. The summed E-state index contributed by atoms with van der Waals surface area (Å²) in [5, 5.41) is 0. The first-order valence-electron chi connectivity index (χ1n) is 13.2. The van der Waals surface area contributed by atoms with Crippen LogP contribution in [0.4, 0.5) is 0 Å². The molecule has 0 radical (unpaired) electrons. The molecule has 1 saturated heterocycles. The van der Waals surface area contributed by atoms with Crippen LogP contribution < -0.4 is 0 Å². The van der Waals surface area contributed by atoms with Gasteiger partial charge in [-0.3, -0.25) is 4.90 Å². The second kappa shape index (κ2) is 13.0. The smallest absolute Gasteiger partial charge is 0.146 e. The Morgan fingerprint density at radius 1 is 0.935 bits per heavy atom. The van der Waals surface area contributed by atoms with Crippen molar-refractivity contribution in [1.82, 2.24) is 4.90 Å². The zero-order valence-corrected chi connectivity index (χ0v) is 20.5.